The second kappa shape index (κ2) is 6.72. The van der Waals surface area contributed by atoms with Crippen LogP contribution in [-0.4, -0.2) is 35.3 Å². The zero-order valence-corrected chi connectivity index (χ0v) is 12.6. The summed E-state index contributed by atoms with van der Waals surface area (Å²) in [6.45, 7) is -0.776. The van der Waals surface area contributed by atoms with E-state index in [1.165, 1.54) is 4.72 Å². The third kappa shape index (κ3) is 4.33. The highest BCUT2D eigenvalue weighted by molar-refractivity contribution is 7.95. The van der Waals surface area contributed by atoms with E-state index in [4.69, 9.17) is 10.1 Å². The molecule has 0 amide bonds. The molecule has 0 spiro atoms. The van der Waals surface area contributed by atoms with Crippen LogP contribution in [0.2, 0.25) is 0 Å². The molecule has 0 fully saturated rings. The predicted octanol–water partition coefficient (Wildman–Crippen LogP) is 1.65. The fourth-order valence-corrected chi connectivity index (χ4v) is 3.09. The Bertz CT molecular complexity index is 866. The zero-order valence-electron chi connectivity index (χ0n) is 11.0. The maximum Gasteiger partial charge on any atom is 0.246 e. The van der Waals surface area contributed by atoms with Crippen LogP contribution in [-0.2, 0) is 19.8 Å². The molecule has 14 heteroatoms. The topological polar surface area (TPSA) is 132 Å². The van der Waals surface area contributed by atoms with Crippen LogP contribution < -0.4 is 4.72 Å². The second-order valence-electron chi connectivity index (χ2n) is 4.00. The van der Waals surface area contributed by atoms with Crippen molar-refractivity contribution in [2.75, 3.05) is 12.3 Å². The van der Waals surface area contributed by atoms with Gasteiger partial charge in [0.25, 0.3) is 0 Å². The van der Waals surface area contributed by atoms with Crippen LogP contribution in [0.4, 0.5) is 23.2 Å². The fraction of sp³-hybridized carbons (Fsp3) is 0.222. The molecule has 0 aliphatic rings. The van der Waals surface area contributed by atoms with Gasteiger partial charge in [-0.1, -0.05) is 5.11 Å². The first-order valence-corrected chi connectivity index (χ1v) is 8.74. The van der Waals surface area contributed by atoms with Gasteiger partial charge in [-0.15, -0.1) is 0 Å². The largest absolute Gasteiger partial charge is 0.314 e. The number of sulfonamides is 1. The Morgan fingerprint density at radius 3 is 2.00 bits per heavy atom. The van der Waals surface area contributed by atoms with E-state index in [0.29, 0.717) is 0 Å². The van der Waals surface area contributed by atoms with Crippen LogP contribution in [0.3, 0.4) is 0 Å². The monoisotopic (exact) mass is 376 g/mol. The standard InChI is InChI=1S/C9H8F4N4O4S2/c1-22(18,19)3-2-15-23(20,21)9-6(12)4(10)8(16-17-14)5(11)7(9)13/h15H,1-3H2,(H,18,19). The second-order valence-corrected chi connectivity index (χ2v) is 7.65. The van der Waals surface area contributed by atoms with Crippen LogP contribution >= 0.6 is 0 Å². The first-order chi connectivity index (χ1) is 10.4. The minimum Gasteiger partial charge on any atom is -0.314 e. The highest BCUT2D eigenvalue weighted by Crippen LogP contribution is 2.32. The van der Waals surface area contributed by atoms with Crippen molar-refractivity contribution in [2.24, 2.45) is 5.11 Å². The molecule has 0 radical (unpaired) electrons. The molecule has 0 saturated carbocycles. The van der Waals surface area contributed by atoms with Crippen LogP contribution in [0.25, 0.3) is 10.4 Å². The Morgan fingerprint density at radius 1 is 1.13 bits per heavy atom. The van der Waals surface area contributed by atoms with Gasteiger partial charge in [-0.2, -0.15) is 0 Å². The summed E-state index contributed by atoms with van der Waals surface area (Å²) in [6.07, 6.45) is 0. The molecule has 0 aliphatic heterocycles. The molecule has 0 aliphatic carbocycles. The molecule has 1 atom stereocenters. The zero-order chi connectivity index (χ0) is 18.0. The molecule has 1 aromatic rings. The van der Waals surface area contributed by atoms with E-state index in [2.05, 4.69) is 11.0 Å². The number of benzene rings is 1. The summed E-state index contributed by atoms with van der Waals surface area (Å²) in [4.78, 5) is -0.0299. The normalized spacial score (nSPS) is 14.1. The number of rotatable bonds is 6. The molecule has 1 rings (SSSR count). The lowest BCUT2D eigenvalue weighted by Crippen LogP contribution is -2.31. The number of halogens is 4. The van der Waals surface area contributed by atoms with Gasteiger partial charge in [0.2, 0.25) is 10.0 Å². The lowest BCUT2D eigenvalue weighted by atomic mass is 10.2. The average molecular weight is 376 g/mol. The van der Waals surface area contributed by atoms with E-state index in [0.717, 1.165) is 0 Å². The van der Waals surface area contributed by atoms with Gasteiger partial charge in [0.05, 0.1) is 15.6 Å². The molecule has 0 bridgehead atoms. The lowest BCUT2D eigenvalue weighted by molar-refractivity contribution is 0.421. The van der Waals surface area contributed by atoms with Crippen molar-refractivity contribution in [1.82, 2.24) is 4.72 Å². The summed E-state index contributed by atoms with van der Waals surface area (Å²) in [6, 6.07) is 0. The highest BCUT2D eigenvalue weighted by Gasteiger charge is 2.32. The SMILES string of the molecule is C=S(=O)(O)CCNS(=O)(=O)c1c(F)c(F)c(N=[N+]=[N-])c(F)c1F. The van der Waals surface area contributed by atoms with Crippen LogP contribution in [0.1, 0.15) is 0 Å². The molecule has 0 aromatic heterocycles. The quantitative estimate of drug-likeness (QED) is 0.195. The smallest absolute Gasteiger partial charge is 0.246 e. The Hall–Kier alpha value is -1.86. The number of nitrogens with zero attached hydrogens (tertiary/aromatic N) is 3. The highest BCUT2D eigenvalue weighted by atomic mass is 32.2. The fourth-order valence-electron chi connectivity index (χ4n) is 1.38. The van der Waals surface area contributed by atoms with Gasteiger partial charge in [-0.3, -0.25) is 0 Å². The number of hydrogen-bond donors (Lipinski definition) is 2. The van der Waals surface area contributed by atoms with Crippen LogP contribution in [0, 0.1) is 23.3 Å². The molecule has 23 heavy (non-hydrogen) atoms. The Labute approximate surface area is 127 Å². The van der Waals surface area contributed by atoms with Crippen molar-refractivity contribution in [2.45, 2.75) is 4.90 Å². The Kier molecular flexibility index (Phi) is 5.60. The number of azide groups is 1. The molecular formula is C9H8F4N4O4S2. The first kappa shape index (κ1) is 19.2. The average Bonchev–Trinajstić information content (AvgIpc) is 2.39. The first-order valence-electron chi connectivity index (χ1n) is 5.40. The van der Waals surface area contributed by atoms with E-state index in [1.807, 2.05) is 4.91 Å². The summed E-state index contributed by atoms with van der Waals surface area (Å²) < 4.78 is 99.0. The number of hydrogen-bond acceptors (Lipinski definition) is 4. The summed E-state index contributed by atoms with van der Waals surface area (Å²) >= 11 is 0. The van der Waals surface area contributed by atoms with Crippen molar-refractivity contribution in [1.29, 1.82) is 0 Å². The van der Waals surface area contributed by atoms with Crippen molar-refractivity contribution in [3.63, 3.8) is 0 Å². The minimum atomic E-state index is -5.10. The van der Waals surface area contributed by atoms with Gasteiger partial charge in [-0.05, 0) is 11.4 Å². The summed E-state index contributed by atoms with van der Waals surface area (Å²) in [5.41, 5.74) is 6.40. The molecule has 128 valence electrons. The maximum atomic E-state index is 13.7. The van der Waals surface area contributed by atoms with Crippen molar-refractivity contribution < 1.29 is 34.7 Å². The van der Waals surface area contributed by atoms with E-state index in [-0.39, 0.29) is 0 Å². The molecular weight excluding hydrogens is 368 g/mol. The van der Waals surface area contributed by atoms with Crippen molar-refractivity contribution in [3.05, 3.63) is 33.7 Å². The van der Waals surface area contributed by atoms with Gasteiger partial charge < -0.3 is 4.55 Å². The third-order valence-corrected chi connectivity index (χ3v) is 4.65. The molecule has 8 nitrogen and oxygen atoms in total. The van der Waals surface area contributed by atoms with Crippen LogP contribution in [0.15, 0.2) is 10.0 Å². The Morgan fingerprint density at radius 2 is 1.61 bits per heavy atom. The predicted molar refractivity (Wildman–Crippen MR) is 73.0 cm³/mol. The van der Waals surface area contributed by atoms with Gasteiger partial charge in [0, 0.05) is 11.5 Å². The Balaban J connectivity index is 3.40. The van der Waals surface area contributed by atoms with E-state index < -0.39 is 66.0 Å². The van der Waals surface area contributed by atoms with Gasteiger partial charge >= 0.3 is 0 Å². The van der Waals surface area contributed by atoms with Gasteiger partial charge in [-0.25, -0.2) is 34.9 Å². The van der Waals surface area contributed by atoms with E-state index >= 15 is 0 Å². The van der Waals surface area contributed by atoms with Crippen molar-refractivity contribution >= 4 is 31.4 Å². The minimum absolute atomic E-state index is 0.711. The van der Waals surface area contributed by atoms with Crippen molar-refractivity contribution in [3.8, 4) is 0 Å². The molecule has 0 heterocycles. The van der Waals surface area contributed by atoms with Gasteiger partial charge in [0.15, 0.2) is 28.2 Å². The van der Waals surface area contributed by atoms with E-state index in [1.54, 1.807) is 0 Å². The number of nitrogens with one attached hydrogen (secondary N) is 1. The van der Waals surface area contributed by atoms with E-state index in [9.17, 15) is 30.2 Å². The third-order valence-electron chi connectivity index (χ3n) is 2.33. The summed E-state index contributed by atoms with van der Waals surface area (Å²) in [7, 11) is -8.70. The molecule has 1 unspecified atom stereocenters. The lowest BCUT2D eigenvalue weighted by Gasteiger charge is -2.11. The van der Waals surface area contributed by atoms with Gasteiger partial charge in [0.1, 0.15) is 5.69 Å². The molecule has 0 saturated heterocycles. The summed E-state index contributed by atoms with van der Waals surface area (Å²) in [5, 5.41) is 2.40. The van der Waals surface area contributed by atoms with Crippen LogP contribution in [0.5, 0.6) is 0 Å². The molecule has 2 N–H and O–H groups in total. The molecule has 1 aromatic carbocycles. The summed E-state index contributed by atoms with van der Waals surface area (Å²) in [5.74, 6) is -6.94. The maximum absolute atomic E-state index is 13.7.